The Morgan fingerprint density at radius 2 is 2.30 bits per heavy atom. The average Bonchev–Trinajstić information content (AvgIpc) is 3.17. The van der Waals surface area contributed by atoms with E-state index in [1.165, 1.54) is 6.07 Å². The molecule has 1 atom stereocenters. The van der Waals surface area contributed by atoms with Crippen LogP contribution in [0.3, 0.4) is 0 Å². The van der Waals surface area contributed by atoms with Crippen LogP contribution in [0.5, 0.6) is 0 Å². The summed E-state index contributed by atoms with van der Waals surface area (Å²) in [7, 11) is 0. The van der Waals surface area contributed by atoms with Gasteiger partial charge in [0.2, 0.25) is 0 Å². The van der Waals surface area contributed by atoms with Crippen molar-refractivity contribution in [1.82, 2.24) is 14.8 Å². The SMILES string of the molecule is C[C@H](O)c1ccc(Sc2n[nH]c(=O)n2C2CC2)c(F)c1. The van der Waals surface area contributed by atoms with Gasteiger partial charge in [-0.15, -0.1) is 5.10 Å². The molecular weight excluding hydrogens is 281 g/mol. The molecule has 0 aliphatic heterocycles. The minimum absolute atomic E-state index is 0.184. The van der Waals surface area contributed by atoms with Gasteiger partial charge in [-0.2, -0.15) is 0 Å². The van der Waals surface area contributed by atoms with Crippen molar-refractivity contribution < 1.29 is 9.50 Å². The summed E-state index contributed by atoms with van der Waals surface area (Å²) in [4.78, 5) is 12.0. The lowest BCUT2D eigenvalue weighted by molar-refractivity contribution is 0.198. The number of aliphatic hydroxyl groups is 1. The predicted octanol–water partition coefficient (Wildman–Crippen LogP) is 2.25. The number of aliphatic hydroxyl groups excluding tert-OH is 1. The summed E-state index contributed by atoms with van der Waals surface area (Å²) in [5.74, 6) is -0.425. The smallest absolute Gasteiger partial charge is 0.344 e. The molecule has 0 bridgehead atoms. The number of nitrogens with zero attached hydrogens (tertiary/aromatic N) is 2. The predicted molar refractivity (Wildman–Crippen MR) is 72.3 cm³/mol. The van der Waals surface area contributed by atoms with Crippen LogP contribution in [-0.4, -0.2) is 19.9 Å². The molecule has 1 aliphatic carbocycles. The first kappa shape index (κ1) is 13.4. The van der Waals surface area contributed by atoms with Crippen LogP contribution in [-0.2, 0) is 0 Å². The highest BCUT2D eigenvalue weighted by molar-refractivity contribution is 7.99. The van der Waals surface area contributed by atoms with Gasteiger partial charge in [0.15, 0.2) is 5.16 Å². The van der Waals surface area contributed by atoms with E-state index >= 15 is 0 Å². The van der Waals surface area contributed by atoms with Gasteiger partial charge in [0.25, 0.3) is 0 Å². The molecule has 0 saturated heterocycles. The number of hydrogen-bond donors (Lipinski definition) is 2. The van der Waals surface area contributed by atoms with Crippen molar-refractivity contribution >= 4 is 11.8 Å². The molecule has 1 fully saturated rings. The standard InChI is InChI=1S/C13H14FN3O2S/c1-7(18)8-2-5-11(10(14)6-8)20-13-16-15-12(19)17(13)9-3-4-9/h2,5-7,9,18H,3-4H2,1H3,(H,15,19)/t7-/m0/s1. The fraction of sp³-hybridized carbons (Fsp3) is 0.385. The van der Waals surface area contributed by atoms with Gasteiger partial charge in [-0.1, -0.05) is 6.07 Å². The van der Waals surface area contributed by atoms with Crippen LogP contribution >= 0.6 is 11.8 Å². The summed E-state index contributed by atoms with van der Waals surface area (Å²) in [6.45, 7) is 1.58. The van der Waals surface area contributed by atoms with Crippen LogP contribution < -0.4 is 5.69 Å². The average molecular weight is 295 g/mol. The Morgan fingerprint density at radius 1 is 1.55 bits per heavy atom. The van der Waals surface area contributed by atoms with E-state index in [2.05, 4.69) is 10.2 Å². The summed E-state index contributed by atoms with van der Waals surface area (Å²) in [6.07, 6.45) is 1.20. The molecule has 0 amide bonds. The van der Waals surface area contributed by atoms with E-state index < -0.39 is 11.9 Å². The zero-order valence-corrected chi connectivity index (χ0v) is 11.7. The lowest BCUT2D eigenvalue weighted by atomic mass is 10.1. The molecule has 2 aromatic rings. The number of nitrogens with one attached hydrogen (secondary N) is 1. The minimum Gasteiger partial charge on any atom is -0.389 e. The molecule has 1 heterocycles. The normalized spacial score (nSPS) is 16.4. The van der Waals surface area contributed by atoms with Crippen LogP contribution in [0.25, 0.3) is 0 Å². The van der Waals surface area contributed by atoms with Crippen LogP contribution in [0, 0.1) is 5.82 Å². The Labute approximate surface area is 118 Å². The van der Waals surface area contributed by atoms with Crippen LogP contribution in [0.1, 0.15) is 37.5 Å². The number of aromatic amines is 1. The molecule has 0 radical (unpaired) electrons. The number of hydrogen-bond acceptors (Lipinski definition) is 4. The number of H-pyrrole nitrogens is 1. The van der Waals surface area contributed by atoms with Gasteiger partial charge >= 0.3 is 5.69 Å². The summed E-state index contributed by atoms with van der Waals surface area (Å²) in [5, 5.41) is 16.2. The maximum Gasteiger partial charge on any atom is 0.344 e. The molecule has 7 heteroatoms. The molecule has 3 rings (SSSR count). The van der Waals surface area contributed by atoms with E-state index in [0.29, 0.717) is 15.6 Å². The van der Waals surface area contributed by atoms with E-state index in [1.54, 1.807) is 23.6 Å². The van der Waals surface area contributed by atoms with Gasteiger partial charge < -0.3 is 5.11 Å². The maximum atomic E-state index is 14.0. The third-order valence-corrected chi connectivity index (χ3v) is 4.25. The molecule has 0 unspecified atom stereocenters. The largest absolute Gasteiger partial charge is 0.389 e. The lowest BCUT2D eigenvalue weighted by Crippen LogP contribution is -2.16. The molecule has 5 nitrogen and oxygen atoms in total. The van der Waals surface area contributed by atoms with Gasteiger partial charge in [0.05, 0.1) is 11.0 Å². The number of halogens is 1. The van der Waals surface area contributed by atoms with Gasteiger partial charge in [-0.3, -0.25) is 4.57 Å². The van der Waals surface area contributed by atoms with E-state index in [9.17, 15) is 14.3 Å². The number of aromatic nitrogens is 3. The first-order valence-electron chi connectivity index (χ1n) is 6.38. The van der Waals surface area contributed by atoms with Crippen molar-refractivity contribution in [2.45, 2.75) is 42.0 Å². The number of benzene rings is 1. The van der Waals surface area contributed by atoms with E-state index in [-0.39, 0.29) is 11.7 Å². The summed E-state index contributed by atoms with van der Waals surface area (Å²) in [5.41, 5.74) is 0.268. The highest BCUT2D eigenvalue weighted by Crippen LogP contribution is 2.38. The van der Waals surface area contributed by atoms with Gasteiger partial charge in [0.1, 0.15) is 5.82 Å². The Bertz CT molecular complexity index is 691. The molecule has 1 aromatic carbocycles. The second-order valence-electron chi connectivity index (χ2n) is 4.88. The maximum absolute atomic E-state index is 14.0. The van der Waals surface area contributed by atoms with Crippen molar-refractivity contribution in [2.75, 3.05) is 0 Å². The van der Waals surface area contributed by atoms with Crippen molar-refractivity contribution in [1.29, 1.82) is 0 Å². The Morgan fingerprint density at radius 3 is 2.90 bits per heavy atom. The van der Waals surface area contributed by atoms with Gasteiger partial charge in [0, 0.05) is 6.04 Å². The van der Waals surface area contributed by atoms with Crippen molar-refractivity contribution in [3.8, 4) is 0 Å². The van der Waals surface area contributed by atoms with Crippen molar-refractivity contribution in [3.05, 3.63) is 40.1 Å². The molecule has 2 N–H and O–H groups in total. The Kier molecular flexibility index (Phi) is 3.39. The van der Waals surface area contributed by atoms with Crippen molar-refractivity contribution in [2.24, 2.45) is 0 Å². The molecule has 1 aromatic heterocycles. The third kappa shape index (κ3) is 2.51. The van der Waals surface area contributed by atoms with Crippen LogP contribution in [0.4, 0.5) is 4.39 Å². The fourth-order valence-electron chi connectivity index (χ4n) is 1.98. The molecule has 20 heavy (non-hydrogen) atoms. The molecular formula is C13H14FN3O2S. The van der Waals surface area contributed by atoms with Crippen LogP contribution in [0.2, 0.25) is 0 Å². The molecule has 106 valence electrons. The third-order valence-electron chi connectivity index (χ3n) is 3.22. The van der Waals surface area contributed by atoms with Crippen molar-refractivity contribution in [3.63, 3.8) is 0 Å². The Balaban J connectivity index is 1.90. The number of rotatable bonds is 4. The highest BCUT2D eigenvalue weighted by Gasteiger charge is 2.29. The minimum atomic E-state index is -0.710. The molecule has 1 saturated carbocycles. The first-order chi connectivity index (χ1) is 9.56. The first-order valence-corrected chi connectivity index (χ1v) is 7.20. The second-order valence-corrected chi connectivity index (χ2v) is 5.89. The van der Waals surface area contributed by atoms with E-state index in [4.69, 9.17) is 0 Å². The summed E-state index contributed by atoms with van der Waals surface area (Å²) in [6, 6.07) is 4.75. The summed E-state index contributed by atoms with van der Waals surface area (Å²) >= 11 is 1.11. The second kappa shape index (κ2) is 5.06. The zero-order chi connectivity index (χ0) is 14.3. The van der Waals surface area contributed by atoms with Gasteiger partial charge in [-0.25, -0.2) is 14.3 Å². The fourth-order valence-corrected chi connectivity index (χ4v) is 2.89. The topological polar surface area (TPSA) is 70.9 Å². The quantitative estimate of drug-likeness (QED) is 0.907. The van der Waals surface area contributed by atoms with Gasteiger partial charge in [-0.05, 0) is 49.2 Å². The van der Waals surface area contributed by atoms with Crippen LogP contribution in [0.15, 0.2) is 33.0 Å². The Hall–Kier alpha value is -1.60. The highest BCUT2D eigenvalue weighted by atomic mass is 32.2. The zero-order valence-electron chi connectivity index (χ0n) is 10.8. The van der Waals surface area contributed by atoms with E-state index in [1.807, 2.05) is 0 Å². The summed E-state index contributed by atoms with van der Waals surface area (Å²) < 4.78 is 15.6. The molecule has 0 spiro atoms. The van der Waals surface area contributed by atoms with E-state index in [0.717, 1.165) is 24.6 Å². The molecule has 1 aliphatic rings. The lowest BCUT2D eigenvalue weighted by Gasteiger charge is -2.08. The monoisotopic (exact) mass is 295 g/mol.